The number of hydrogen-bond donors (Lipinski definition) is 1. The Labute approximate surface area is 90.0 Å². The van der Waals surface area contributed by atoms with E-state index >= 15 is 0 Å². The molecule has 0 radical (unpaired) electrons. The fourth-order valence-electron chi connectivity index (χ4n) is 0.919. The Morgan fingerprint density at radius 1 is 1.47 bits per heavy atom. The monoisotopic (exact) mass is 210 g/mol. The van der Waals surface area contributed by atoms with Gasteiger partial charge in [-0.1, -0.05) is 39.8 Å². The fourth-order valence-corrected chi connectivity index (χ4v) is 0.919. The van der Waals surface area contributed by atoms with Crippen LogP contribution < -0.4 is 5.32 Å². The van der Waals surface area contributed by atoms with Crippen molar-refractivity contribution in [2.75, 3.05) is 5.32 Å². The molecule has 15 heavy (non-hydrogen) atoms. The molecule has 4 nitrogen and oxygen atoms in total. The molecule has 0 saturated carbocycles. The molecule has 1 rings (SSSR count). The van der Waals surface area contributed by atoms with Crippen LogP contribution in [0.1, 0.15) is 46.2 Å². The highest BCUT2D eigenvalue weighted by atomic mass is 16.5. The maximum Gasteiger partial charge on any atom is 0.232 e. The first-order chi connectivity index (χ1) is 6.80. The van der Waals surface area contributed by atoms with Crippen molar-refractivity contribution in [3.05, 3.63) is 11.8 Å². The van der Waals surface area contributed by atoms with Crippen molar-refractivity contribution in [3.63, 3.8) is 0 Å². The zero-order chi connectivity index (χ0) is 11.6. The van der Waals surface area contributed by atoms with E-state index in [0.29, 0.717) is 11.8 Å². The third kappa shape index (κ3) is 3.08. The quantitative estimate of drug-likeness (QED) is 0.816. The van der Waals surface area contributed by atoms with E-state index in [9.17, 15) is 4.79 Å². The maximum atomic E-state index is 11.6. The minimum atomic E-state index is -0.426. The van der Waals surface area contributed by atoms with Crippen molar-refractivity contribution < 1.29 is 9.32 Å². The lowest BCUT2D eigenvalue weighted by Gasteiger charge is -2.15. The van der Waals surface area contributed by atoms with Crippen molar-refractivity contribution in [3.8, 4) is 0 Å². The molecule has 0 aliphatic rings. The van der Waals surface area contributed by atoms with E-state index in [1.54, 1.807) is 6.07 Å². The van der Waals surface area contributed by atoms with Crippen LogP contribution in [0.3, 0.4) is 0 Å². The predicted octanol–water partition coefficient (Wildman–Crippen LogP) is 2.78. The Bertz CT molecular complexity index is 348. The molecule has 0 fully saturated rings. The number of hydrogen-bond acceptors (Lipinski definition) is 3. The molecule has 1 aromatic rings. The van der Waals surface area contributed by atoms with Gasteiger partial charge in [0.2, 0.25) is 11.8 Å². The third-order valence-electron chi connectivity index (χ3n) is 2.04. The highest BCUT2D eigenvalue weighted by Crippen LogP contribution is 2.20. The maximum absolute atomic E-state index is 11.6. The number of amides is 1. The summed E-state index contributed by atoms with van der Waals surface area (Å²) in [7, 11) is 0. The standard InChI is InChI=1S/C11H18N2O2/c1-7(2)8-6-9(15-13-8)12-10(14)11(3,4)5/h6-7H,1-5H3,(H,12,14). The van der Waals surface area contributed by atoms with Crippen molar-refractivity contribution in [2.45, 2.75) is 40.5 Å². The Morgan fingerprint density at radius 2 is 2.07 bits per heavy atom. The Hall–Kier alpha value is -1.32. The number of rotatable bonds is 2. The number of anilines is 1. The van der Waals surface area contributed by atoms with E-state index in [0.717, 1.165) is 5.69 Å². The van der Waals surface area contributed by atoms with Gasteiger partial charge in [-0.25, -0.2) is 0 Å². The first kappa shape index (κ1) is 11.8. The second kappa shape index (κ2) is 4.04. The first-order valence-electron chi connectivity index (χ1n) is 5.09. The molecule has 0 unspecified atom stereocenters. The molecule has 1 N–H and O–H groups in total. The van der Waals surface area contributed by atoms with Gasteiger partial charge in [-0.3, -0.25) is 10.1 Å². The summed E-state index contributed by atoms with van der Waals surface area (Å²) in [5, 5.41) is 6.55. The molecule has 1 amide bonds. The van der Waals surface area contributed by atoms with E-state index in [4.69, 9.17) is 4.52 Å². The van der Waals surface area contributed by atoms with E-state index < -0.39 is 5.41 Å². The van der Waals surface area contributed by atoms with Gasteiger partial charge in [0.15, 0.2) is 0 Å². The number of nitrogens with zero attached hydrogens (tertiary/aromatic N) is 1. The molecule has 0 bridgehead atoms. The van der Waals surface area contributed by atoms with Crippen LogP contribution >= 0.6 is 0 Å². The van der Waals surface area contributed by atoms with Gasteiger partial charge >= 0.3 is 0 Å². The number of carbonyl (C=O) groups excluding carboxylic acids is 1. The predicted molar refractivity (Wildman–Crippen MR) is 58.7 cm³/mol. The summed E-state index contributed by atoms with van der Waals surface area (Å²) in [6.07, 6.45) is 0. The molecule has 1 aromatic heterocycles. The van der Waals surface area contributed by atoms with Gasteiger partial charge in [0, 0.05) is 11.5 Å². The van der Waals surface area contributed by atoms with Crippen molar-refractivity contribution >= 4 is 11.8 Å². The SMILES string of the molecule is CC(C)c1cc(NC(=O)C(C)(C)C)on1. The van der Waals surface area contributed by atoms with Gasteiger partial charge in [0.05, 0.1) is 5.69 Å². The van der Waals surface area contributed by atoms with Crippen LogP contribution in [0, 0.1) is 5.41 Å². The smallest absolute Gasteiger partial charge is 0.232 e. The summed E-state index contributed by atoms with van der Waals surface area (Å²) in [4.78, 5) is 11.6. The number of nitrogens with one attached hydrogen (secondary N) is 1. The first-order valence-corrected chi connectivity index (χ1v) is 5.09. The largest absolute Gasteiger partial charge is 0.338 e. The average Bonchev–Trinajstić information content (AvgIpc) is 2.50. The highest BCUT2D eigenvalue weighted by Gasteiger charge is 2.22. The van der Waals surface area contributed by atoms with Crippen LogP contribution in [-0.2, 0) is 4.79 Å². The number of carbonyl (C=O) groups is 1. The molecule has 0 aromatic carbocycles. The van der Waals surface area contributed by atoms with Crippen molar-refractivity contribution in [1.29, 1.82) is 0 Å². The lowest BCUT2D eigenvalue weighted by Crippen LogP contribution is -2.27. The number of aromatic nitrogens is 1. The molecule has 0 saturated heterocycles. The zero-order valence-electron chi connectivity index (χ0n) is 9.92. The fraction of sp³-hybridized carbons (Fsp3) is 0.636. The van der Waals surface area contributed by atoms with E-state index in [2.05, 4.69) is 10.5 Å². The summed E-state index contributed by atoms with van der Waals surface area (Å²) in [5.41, 5.74) is 0.421. The summed E-state index contributed by atoms with van der Waals surface area (Å²) >= 11 is 0. The molecule has 0 spiro atoms. The molecule has 0 aliphatic heterocycles. The molecule has 84 valence electrons. The molecule has 1 heterocycles. The molecular formula is C11H18N2O2. The van der Waals surface area contributed by atoms with E-state index in [1.807, 2.05) is 34.6 Å². The highest BCUT2D eigenvalue weighted by molar-refractivity contribution is 5.93. The summed E-state index contributed by atoms with van der Waals surface area (Å²) in [5.74, 6) is 0.640. The van der Waals surface area contributed by atoms with E-state index in [-0.39, 0.29) is 5.91 Å². The summed E-state index contributed by atoms with van der Waals surface area (Å²) in [6, 6.07) is 1.76. The van der Waals surface area contributed by atoms with Crippen LogP contribution in [-0.4, -0.2) is 11.1 Å². The van der Waals surface area contributed by atoms with Crippen LogP contribution in [0.15, 0.2) is 10.6 Å². The van der Waals surface area contributed by atoms with Gasteiger partial charge in [0.25, 0.3) is 0 Å². The van der Waals surface area contributed by atoms with Crippen molar-refractivity contribution in [2.24, 2.45) is 5.41 Å². The lowest BCUT2D eigenvalue weighted by molar-refractivity contribution is -0.123. The van der Waals surface area contributed by atoms with Crippen LogP contribution in [0.5, 0.6) is 0 Å². The van der Waals surface area contributed by atoms with Gasteiger partial charge in [0.1, 0.15) is 0 Å². The topological polar surface area (TPSA) is 55.1 Å². The minimum absolute atomic E-state index is 0.0750. The van der Waals surface area contributed by atoms with Gasteiger partial charge in [-0.05, 0) is 5.92 Å². The van der Waals surface area contributed by atoms with Crippen LogP contribution in [0.2, 0.25) is 0 Å². The minimum Gasteiger partial charge on any atom is -0.338 e. The summed E-state index contributed by atoms with van der Waals surface area (Å²) in [6.45, 7) is 9.59. The third-order valence-corrected chi connectivity index (χ3v) is 2.04. The van der Waals surface area contributed by atoms with Gasteiger partial charge in [-0.2, -0.15) is 0 Å². The Balaban J connectivity index is 2.70. The Morgan fingerprint density at radius 3 is 2.47 bits per heavy atom. The second-order valence-electron chi connectivity index (χ2n) is 4.97. The summed E-state index contributed by atoms with van der Waals surface area (Å²) < 4.78 is 5.01. The van der Waals surface area contributed by atoms with E-state index in [1.165, 1.54) is 0 Å². The Kier molecular flexibility index (Phi) is 3.17. The zero-order valence-corrected chi connectivity index (χ0v) is 9.92. The molecule has 4 heteroatoms. The normalized spacial score (nSPS) is 11.9. The lowest BCUT2D eigenvalue weighted by atomic mass is 9.96. The molecule has 0 atom stereocenters. The van der Waals surface area contributed by atoms with Crippen LogP contribution in [0.4, 0.5) is 5.88 Å². The van der Waals surface area contributed by atoms with Crippen molar-refractivity contribution in [1.82, 2.24) is 5.16 Å². The van der Waals surface area contributed by atoms with Gasteiger partial charge < -0.3 is 4.52 Å². The molecule has 0 aliphatic carbocycles. The van der Waals surface area contributed by atoms with Crippen LogP contribution in [0.25, 0.3) is 0 Å². The molecular weight excluding hydrogens is 192 g/mol. The average molecular weight is 210 g/mol. The second-order valence-corrected chi connectivity index (χ2v) is 4.97. The van der Waals surface area contributed by atoms with Gasteiger partial charge in [-0.15, -0.1) is 0 Å².